The van der Waals surface area contributed by atoms with E-state index in [1.165, 1.54) is 0 Å². The Labute approximate surface area is 202 Å². The third-order valence-corrected chi connectivity index (χ3v) is 11.1. The third kappa shape index (κ3) is 3.55. The maximum absolute atomic E-state index is 11.8. The van der Waals surface area contributed by atoms with Gasteiger partial charge in [0.2, 0.25) is 0 Å². The molecule has 0 aromatic rings. The molecule has 12 atom stereocenters. The van der Waals surface area contributed by atoms with Gasteiger partial charge in [-0.3, -0.25) is 0 Å². The van der Waals surface area contributed by atoms with E-state index >= 15 is 0 Å². The van der Waals surface area contributed by atoms with Crippen molar-refractivity contribution in [3.8, 4) is 0 Å². The third-order valence-electron chi connectivity index (χ3n) is 11.1. The van der Waals surface area contributed by atoms with Crippen LogP contribution in [0.2, 0.25) is 0 Å². The molecule has 196 valence electrons. The summed E-state index contributed by atoms with van der Waals surface area (Å²) in [6.07, 6.45) is 0.392. The van der Waals surface area contributed by atoms with Gasteiger partial charge in [0.1, 0.15) is 24.4 Å². The molecule has 1 saturated heterocycles. The van der Waals surface area contributed by atoms with Gasteiger partial charge in [0.25, 0.3) is 0 Å². The molecule has 1 aliphatic heterocycles. The summed E-state index contributed by atoms with van der Waals surface area (Å²) in [5, 5.41) is 63.0. The smallest absolute Gasteiger partial charge is 0.186 e. The monoisotopic (exact) mass is 484 g/mol. The molecular formula is C26H44O8. The van der Waals surface area contributed by atoms with Crippen LogP contribution >= 0.6 is 0 Å². The van der Waals surface area contributed by atoms with Crippen molar-refractivity contribution in [3.63, 3.8) is 0 Å². The van der Waals surface area contributed by atoms with Crippen LogP contribution in [0.5, 0.6) is 0 Å². The SMILES string of the molecule is CC1(C)CCC(O)C2(C)C1CCC13CC(CCC12)C(O)(COC1OC(CO)C(O)C(O)C1O)C3. The molecule has 5 rings (SSSR count). The molecule has 8 heteroatoms. The molecule has 5 aliphatic rings. The minimum absolute atomic E-state index is 0.0317. The number of aliphatic hydroxyl groups is 6. The number of hydrogen-bond acceptors (Lipinski definition) is 8. The number of fused-ring (bicyclic) bond motifs is 3. The zero-order chi connectivity index (χ0) is 24.7. The Hall–Kier alpha value is -0.320. The van der Waals surface area contributed by atoms with Crippen LogP contribution in [0, 0.1) is 34.0 Å². The molecule has 12 unspecified atom stereocenters. The zero-order valence-corrected chi connectivity index (χ0v) is 20.8. The van der Waals surface area contributed by atoms with Gasteiger partial charge in [-0.05, 0) is 80.0 Å². The maximum Gasteiger partial charge on any atom is 0.186 e. The molecular weight excluding hydrogens is 440 g/mol. The quantitative estimate of drug-likeness (QED) is 0.346. The lowest BCUT2D eigenvalue weighted by atomic mass is 9.40. The van der Waals surface area contributed by atoms with Crippen LogP contribution in [0.1, 0.15) is 72.1 Å². The summed E-state index contributed by atoms with van der Waals surface area (Å²) < 4.78 is 11.3. The molecule has 5 fully saturated rings. The van der Waals surface area contributed by atoms with Crippen molar-refractivity contribution in [2.75, 3.05) is 13.2 Å². The predicted octanol–water partition coefficient (Wildman–Crippen LogP) is 0.938. The highest BCUT2D eigenvalue weighted by atomic mass is 16.7. The van der Waals surface area contributed by atoms with E-state index in [-0.39, 0.29) is 34.9 Å². The Balaban J connectivity index is 1.34. The number of rotatable bonds is 4. The van der Waals surface area contributed by atoms with Crippen molar-refractivity contribution in [3.05, 3.63) is 0 Å². The van der Waals surface area contributed by atoms with Crippen molar-refractivity contribution < 1.29 is 40.1 Å². The summed E-state index contributed by atoms with van der Waals surface area (Å²) in [5.74, 6) is 0.892. The van der Waals surface area contributed by atoms with Crippen LogP contribution in [0.25, 0.3) is 0 Å². The molecule has 34 heavy (non-hydrogen) atoms. The van der Waals surface area contributed by atoms with Gasteiger partial charge in [0.05, 0.1) is 24.9 Å². The van der Waals surface area contributed by atoms with E-state index in [0.717, 1.165) is 44.9 Å². The molecule has 8 nitrogen and oxygen atoms in total. The average Bonchev–Trinajstić information content (AvgIpc) is 2.99. The lowest BCUT2D eigenvalue weighted by Crippen LogP contribution is -2.61. The average molecular weight is 485 g/mol. The highest BCUT2D eigenvalue weighted by Crippen LogP contribution is 2.72. The Kier molecular flexibility index (Phi) is 6.22. The van der Waals surface area contributed by atoms with Crippen LogP contribution in [0.3, 0.4) is 0 Å². The lowest BCUT2D eigenvalue weighted by Gasteiger charge is -2.65. The minimum Gasteiger partial charge on any atom is -0.394 e. The van der Waals surface area contributed by atoms with Gasteiger partial charge >= 0.3 is 0 Å². The van der Waals surface area contributed by atoms with Crippen LogP contribution in [-0.2, 0) is 9.47 Å². The number of hydrogen-bond donors (Lipinski definition) is 6. The van der Waals surface area contributed by atoms with Gasteiger partial charge < -0.3 is 40.1 Å². The second-order valence-electron chi connectivity index (χ2n) is 13.2. The van der Waals surface area contributed by atoms with Crippen molar-refractivity contribution in [1.82, 2.24) is 0 Å². The Morgan fingerprint density at radius 2 is 1.62 bits per heavy atom. The van der Waals surface area contributed by atoms with E-state index in [2.05, 4.69) is 20.8 Å². The summed E-state index contributed by atoms with van der Waals surface area (Å²) in [5.41, 5.74) is -1.07. The van der Waals surface area contributed by atoms with Crippen LogP contribution in [0.15, 0.2) is 0 Å². The van der Waals surface area contributed by atoms with E-state index in [1.54, 1.807) is 0 Å². The Morgan fingerprint density at radius 3 is 2.32 bits per heavy atom. The second-order valence-corrected chi connectivity index (χ2v) is 13.2. The van der Waals surface area contributed by atoms with Crippen molar-refractivity contribution in [1.29, 1.82) is 0 Å². The van der Waals surface area contributed by atoms with Crippen molar-refractivity contribution >= 4 is 0 Å². The molecule has 1 spiro atoms. The van der Waals surface area contributed by atoms with Gasteiger partial charge in [-0.1, -0.05) is 20.8 Å². The first-order valence-corrected chi connectivity index (χ1v) is 13.2. The summed E-state index contributed by atoms with van der Waals surface area (Å²) in [4.78, 5) is 0. The first-order valence-electron chi connectivity index (χ1n) is 13.2. The normalized spacial score (nSPS) is 56.6. The van der Waals surface area contributed by atoms with Crippen molar-refractivity contribution in [2.24, 2.45) is 34.0 Å². The second kappa shape index (κ2) is 8.35. The van der Waals surface area contributed by atoms with Crippen LogP contribution < -0.4 is 0 Å². The molecule has 0 amide bonds. The van der Waals surface area contributed by atoms with E-state index < -0.39 is 42.9 Å². The fourth-order valence-corrected chi connectivity index (χ4v) is 9.43. The van der Waals surface area contributed by atoms with E-state index in [1.807, 2.05) is 0 Å². The van der Waals surface area contributed by atoms with E-state index in [4.69, 9.17) is 9.47 Å². The van der Waals surface area contributed by atoms with E-state index in [9.17, 15) is 30.6 Å². The first kappa shape index (κ1) is 25.3. The Morgan fingerprint density at radius 1 is 0.882 bits per heavy atom. The summed E-state index contributed by atoms with van der Waals surface area (Å²) in [6.45, 7) is 6.45. The highest BCUT2D eigenvalue weighted by molar-refractivity contribution is 5.18. The van der Waals surface area contributed by atoms with Gasteiger partial charge in [0, 0.05) is 5.41 Å². The summed E-state index contributed by atoms with van der Waals surface area (Å²) in [6, 6.07) is 0. The number of ether oxygens (including phenoxy) is 2. The molecule has 4 aliphatic carbocycles. The molecule has 4 saturated carbocycles. The highest BCUT2D eigenvalue weighted by Gasteiger charge is 2.69. The zero-order valence-electron chi connectivity index (χ0n) is 20.8. The lowest BCUT2D eigenvalue weighted by molar-refractivity contribution is -0.310. The topological polar surface area (TPSA) is 140 Å². The van der Waals surface area contributed by atoms with Gasteiger partial charge in [-0.2, -0.15) is 0 Å². The van der Waals surface area contributed by atoms with Gasteiger partial charge in [0.15, 0.2) is 6.29 Å². The summed E-state index contributed by atoms with van der Waals surface area (Å²) >= 11 is 0. The predicted molar refractivity (Wildman–Crippen MR) is 122 cm³/mol. The molecule has 0 radical (unpaired) electrons. The Bertz CT molecular complexity index is 774. The molecule has 0 aromatic carbocycles. The molecule has 2 bridgehead atoms. The first-order chi connectivity index (χ1) is 15.9. The fraction of sp³-hybridized carbons (Fsp3) is 1.00. The molecule has 6 N–H and O–H groups in total. The molecule has 1 heterocycles. The standard InChI is InChI=1S/C26H44O8/c1-23(2)8-7-18(28)24(3)16(23)6-9-25-10-14(4-5-17(24)25)26(32,12-25)13-33-22-21(31)20(30)19(29)15(11-27)34-22/h14-22,27-32H,4-13H2,1-3H3. The summed E-state index contributed by atoms with van der Waals surface area (Å²) in [7, 11) is 0. The van der Waals surface area contributed by atoms with Gasteiger partial charge in [-0.15, -0.1) is 0 Å². The van der Waals surface area contributed by atoms with Crippen LogP contribution in [-0.4, -0.2) is 86.3 Å². The van der Waals surface area contributed by atoms with Gasteiger partial charge in [-0.25, -0.2) is 0 Å². The maximum atomic E-state index is 11.8. The fourth-order valence-electron chi connectivity index (χ4n) is 9.43. The molecule has 0 aromatic heterocycles. The van der Waals surface area contributed by atoms with Crippen LogP contribution in [0.4, 0.5) is 0 Å². The number of aliphatic hydroxyl groups excluding tert-OH is 5. The largest absolute Gasteiger partial charge is 0.394 e. The van der Waals surface area contributed by atoms with Crippen molar-refractivity contribution in [2.45, 2.75) is 115 Å². The minimum atomic E-state index is -1.50. The van der Waals surface area contributed by atoms with E-state index in [0.29, 0.717) is 18.3 Å².